The normalized spacial score (nSPS) is 22.8. The molecule has 2 fully saturated rings. The van der Waals surface area contributed by atoms with Gasteiger partial charge in [0.25, 0.3) is 5.92 Å². The van der Waals surface area contributed by atoms with Crippen molar-refractivity contribution < 1.29 is 18.3 Å². The van der Waals surface area contributed by atoms with Crippen molar-refractivity contribution in [3.8, 4) is 11.8 Å². The third kappa shape index (κ3) is 3.65. The molecule has 1 saturated carbocycles. The van der Waals surface area contributed by atoms with Gasteiger partial charge in [-0.1, -0.05) is 30.0 Å². The van der Waals surface area contributed by atoms with E-state index >= 15 is 0 Å². The Morgan fingerprint density at radius 2 is 2.07 bits per heavy atom. The first-order valence-corrected chi connectivity index (χ1v) is 8.72. The second kappa shape index (κ2) is 6.94. The molecule has 1 aliphatic carbocycles. The third-order valence-electron chi connectivity index (χ3n) is 4.77. The molecule has 2 atom stereocenters. The van der Waals surface area contributed by atoms with Crippen LogP contribution in [0.4, 0.5) is 19.3 Å². The molecular weight excluding hydrogens is 364 g/mol. The SMILES string of the molecule is [C-]#[N+]c1cccc([C@H]2OC(=O)N[C@@H]2c2cncc(C#CC3CC(F)(F)C3)c2)c1. The van der Waals surface area contributed by atoms with Gasteiger partial charge in [0.2, 0.25) is 0 Å². The van der Waals surface area contributed by atoms with Crippen molar-refractivity contribution in [3.05, 3.63) is 70.8 Å². The summed E-state index contributed by atoms with van der Waals surface area (Å²) in [7, 11) is 0. The van der Waals surface area contributed by atoms with Crippen molar-refractivity contribution in [3.63, 3.8) is 0 Å². The summed E-state index contributed by atoms with van der Waals surface area (Å²) in [6.07, 6.45) is 1.58. The standard InChI is InChI=1S/C21H15F2N3O2/c1-24-17-4-2-3-15(8-17)19-18(26-20(27)28-19)16-7-13(11-25-12-16)5-6-14-9-21(22,23)10-14/h2-4,7-8,11-12,14,18-19H,9-10H2,(H,26,27)/t18-,19-/m1/s1. The number of benzene rings is 1. The molecule has 140 valence electrons. The number of alkyl halides is 2. The van der Waals surface area contributed by atoms with E-state index in [1.54, 1.807) is 42.7 Å². The number of amides is 1. The Kier molecular flexibility index (Phi) is 4.44. The Morgan fingerprint density at radius 1 is 1.25 bits per heavy atom. The van der Waals surface area contributed by atoms with Crippen molar-refractivity contribution in [2.75, 3.05) is 0 Å². The summed E-state index contributed by atoms with van der Waals surface area (Å²) in [5, 5.41) is 2.76. The van der Waals surface area contributed by atoms with E-state index in [-0.39, 0.29) is 18.8 Å². The van der Waals surface area contributed by atoms with Crippen molar-refractivity contribution >= 4 is 11.8 Å². The van der Waals surface area contributed by atoms with Gasteiger partial charge < -0.3 is 10.1 Å². The molecular formula is C21H15F2N3O2. The van der Waals surface area contributed by atoms with Gasteiger partial charge >= 0.3 is 6.09 Å². The van der Waals surface area contributed by atoms with Crippen LogP contribution in [0.3, 0.4) is 0 Å². The number of aromatic nitrogens is 1. The minimum atomic E-state index is -2.60. The minimum absolute atomic E-state index is 0.209. The van der Waals surface area contributed by atoms with Gasteiger partial charge in [-0.3, -0.25) is 4.98 Å². The molecule has 2 aliphatic rings. The van der Waals surface area contributed by atoms with Crippen LogP contribution >= 0.6 is 0 Å². The molecule has 4 rings (SSSR count). The van der Waals surface area contributed by atoms with Crippen LogP contribution in [-0.2, 0) is 4.74 Å². The largest absolute Gasteiger partial charge is 0.439 e. The average molecular weight is 379 g/mol. The molecule has 1 aromatic heterocycles. The molecule has 0 radical (unpaired) electrons. The maximum atomic E-state index is 12.9. The molecule has 28 heavy (non-hydrogen) atoms. The third-order valence-corrected chi connectivity index (χ3v) is 4.77. The smallest absolute Gasteiger partial charge is 0.408 e. The zero-order chi connectivity index (χ0) is 19.7. The van der Waals surface area contributed by atoms with Gasteiger partial charge in [0.15, 0.2) is 11.8 Å². The van der Waals surface area contributed by atoms with Crippen molar-refractivity contribution in [2.24, 2.45) is 5.92 Å². The summed E-state index contributed by atoms with van der Waals surface area (Å²) < 4.78 is 31.3. The number of pyridine rings is 1. The van der Waals surface area contributed by atoms with E-state index in [0.29, 0.717) is 22.4 Å². The van der Waals surface area contributed by atoms with Gasteiger partial charge in [-0.15, -0.1) is 0 Å². The maximum Gasteiger partial charge on any atom is 0.408 e. The fraction of sp³-hybridized carbons (Fsp3) is 0.286. The van der Waals surface area contributed by atoms with Crippen LogP contribution in [0.1, 0.15) is 41.7 Å². The lowest BCUT2D eigenvalue weighted by molar-refractivity contribution is -0.0936. The fourth-order valence-corrected chi connectivity index (χ4v) is 3.35. The Bertz CT molecular complexity index is 1030. The lowest BCUT2D eigenvalue weighted by atomic mass is 9.82. The molecule has 1 N–H and O–H groups in total. The number of carbonyl (C=O) groups excluding carboxylic acids is 1. The molecule has 1 saturated heterocycles. The molecule has 1 amide bonds. The van der Waals surface area contributed by atoms with E-state index < -0.39 is 24.2 Å². The highest BCUT2D eigenvalue weighted by Gasteiger charge is 2.44. The second-order valence-electron chi connectivity index (χ2n) is 6.89. The summed E-state index contributed by atoms with van der Waals surface area (Å²) in [5.41, 5.74) is 2.43. The first kappa shape index (κ1) is 17.9. The van der Waals surface area contributed by atoms with Crippen molar-refractivity contribution in [2.45, 2.75) is 30.9 Å². The number of ether oxygens (including phenoxy) is 1. The predicted molar refractivity (Wildman–Crippen MR) is 96.6 cm³/mol. The number of hydrogen-bond donors (Lipinski definition) is 1. The van der Waals surface area contributed by atoms with Gasteiger partial charge in [-0.2, -0.15) is 0 Å². The van der Waals surface area contributed by atoms with E-state index in [2.05, 4.69) is 27.0 Å². The van der Waals surface area contributed by atoms with Gasteiger partial charge in [0.05, 0.1) is 6.57 Å². The fourth-order valence-electron chi connectivity index (χ4n) is 3.35. The van der Waals surface area contributed by atoms with Crippen LogP contribution in [-0.4, -0.2) is 17.0 Å². The number of nitrogens with zero attached hydrogens (tertiary/aromatic N) is 2. The highest BCUT2D eigenvalue weighted by Crippen LogP contribution is 2.42. The number of nitrogens with one attached hydrogen (secondary N) is 1. The van der Waals surface area contributed by atoms with Gasteiger partial charge in [0.1, 0.15) is 6.04 Å². The number of rotatable bonds is 2. The zero-order valence-corrected chi connectivity index (χ0v) is 14.7. The van der Waals surface area contributed by atoms with Gasteiger partial charge in [0, 0.05) is 36.7 Å². The topological polar surface area (TPSA) is 55.6 Å². The Morgan fingerprint density at radius 3 is 2.82 bits per heavy atom. The number of carbonyl (C=O) groups is 1. The maximum absolute atomic E-state index is 12.9. The summed E-state index contributed by atoms with van der Waals surface area (Å²) in [5.74, 6) is 2.84. The Hall–Kier alpha value is -3.45. The van der Waals surface area contributed by atoms with Crippen molar-refractivity contribution in [1.29, 1.82) is 0 Å². The second-order valence-corrected chi connectivity index (χ2v) is 6.89. The first-order valence-electron chi connectivity index (χ1n) is 8.72. The van der Waals surface area contributed by atoms with Gasteiger partial charge in [-0.25, -0.2) is 18.4 Å². The van der Waals surface area contributed by atoms with Crippen molar-refractivity contribution in [1.82, 2.24) is 10.3 Å². The van der Waals surface area contributed by atoms with Crippen LogP contribution in [0.15, 0.2) is 42.7 Å². The molecule has 5 nitrogen and oxygen atoms in total. The molecule has 2 aromatic rings. The summed E-state index contributed by atoms with van der Waals surface area (Å²) in [6, 6.07) is 8.16. The van der Waals surface area contributed by atoms with E-state index in [1.165, 1.54) is 0 Å². The van der Waals surface area contributed by atoms with E-state index in [1.807, 2.05) is 0 Å². The number of alkyl carbamates (subject to hydrolysis) is 1. The van der Waals surface area contributed by atoms with E-state index in [0.717, 1.165) is 0 Å². The van der Waals surface area contributed by atoms with Crippen LogP contribution in [0.2, 0.25) is 0 Å². The highest BCUT2D eigenvalue weighted by atomic mass is 19.3. The Labute approximate surface area is 160 Å². The monoisotopic (exact) mass is 379 g/mol. The molecule has 1 aliphatic heterocycles. The molecule has 7 heteroatoms. The number of halogens is 2. The van der Waals surface area contributed by atoms with E-state index in [9.17, 15) is 13.6 Å². The average Bonchev–Trinajstić information content (AvgIpc) is 3.07. The zero-order valence-electron chi connectivity index (χ0n) is 14.7. The van der Waals surface area contributed by atoms with Crippen LogP contribution < -0.4 is 5.32 Å². The lowest BCUT2D eigenvalue weighted by Gasteiger charge is -2.31. The summed E-state index contributed by atoms with van der Waals surface area (Å²) in [4.78, 5) is 19.4. The lowest BCUT2D eigenvalue weighted by Crippen LogP contribution is -2.34. The summed E-state index contributed by atoms with van der Waals surface area (Å²) >= 11 is 0. The highest BCUT2D eigenvalue weighted by molar-refractivity contribution is 5.71. The van der Waals surface area contributed by atoms with E-state index in [4.69, 9.17) is 11.3 Å². The quantitative estimate of drug-likeness (QED) is 0.615. The molecule has 0 unspecified atom stereocenters. The first-order chi connectivity index (χ1) is 13.4. The van der Waals surface area contributed by atoms with Crippen LogP contribution in [0.5, 0.6) is 0 Å². The van der Waals surface area contributed by atoms with Crippen LogP contribution in [0, 0.1) is 24.3 Å². The molecule has 0 spiro atoms. The summed E-state index contributed by atoms with van der Waals surface area (Å²) in [6.45, 7) is 7.15. The van der Waals surface area contributed by atoms with Crippen LogP contribution in [0.25, 0.3) is 4.85 Å². The number of hydrogen-bond acceptors (Lipinski definition) is 3. The molecule has 2 heterocycles. The predicted octanol–water partition coefficient (Wildman–Crippen LogP) is 4.55. The number of cyclic esters (lactones) is 1. The van der Waals surface area contributed by atoms with Gasteiger partial charge in [-0.05, 0) is 23.3 Å². The molecule has 1 aromatic carbocycles. The Balaban J connectivity index is 1.58. The molecule has 0 bridgehead atoms. The minimum Gasteiger partial charge on any atom is -0.439 e.